The monoisotopic (exact) mass is 353 g/mol. The molecule has 0 bridgehead atoms. The van der Waals surface area contributed by atoms with Gasteiger partial charge in [-0.3, -0.25) is 4.79 Å². The van der Waals surface area contributed by atoms with E-state index in [2.05, 4.69) is 21.2 Å². The summed E-state index contributed by atoms with van der Waals surface area (Å²) in [5.41, 5.74) is 0. The van der Waals surface area contributed by atoms with Crippen LogP contribution in [0.15, 0.2) is 24.3 Å². The number of alkyl halides is 1. The van der Waals surface area contributed by atoms with Gasteiger partial charge in [0.25, 0.3) is 5.91 Å². The quantitative estimate of drug-likeness (QED) is 0.656. The lowest BCUT2D eigenvalue weighted by molar-refractivity contribution is -0.131. The number of nitrogens with one attached hydrogen (secondary N) is 1. The SMILES string of the molecule is O=C(NC1CCCCCC1Br)C1COc2ccccc2O1. The van der Waals surface area contributed by atoms with Crippen LogP contribution >= 0.6 is 15.9 Å². The molecule has 21 heavy (non-hydrogen) atoms. The predicted molar refractivity (Wildman–Crippen MR) is 84.1 cm³/mol. The van der Waals surface area contributed by atoms with Crippen molar-refractivity contribution in [3.8, 4) is 11.5 Å². The molecule has 3 rings (SSSR count). The molecule has 0 saturated heterocycles. The fourth-order valence-corrected chi connectivity index (χ4v) is 3.57. The van der Waals surface area contributed by atoms with E-state index in [4.69, 9.17) is 9.47 Å². The van der Waals surface area contributed by atoms with Gasteiger partial charge in [0.15, 0.2) is 11.5 Å². The highest BCUT2D eigenvalue weighted by Crippen LogP contribution is 2.31. The number of rotatable bonds is 2. The topological polar surface area (TPSA) is 47.6 Å². The van der Waals surface area contributed by atoms with E-state index in [0.717, 1.165) is 19.3 Å². The largest absolute Gasteiger partial charge is 0.485 e. The van der Waals surface area contributed by atoms with Gasteiger partial charge in [0.1, 0.15) is 6.61 Å². The van der Waals surface area contributed by atoms with Crippen LogP contribution in [0.4, 0.5) is 0 Å². The number of hydrogen-bond acceptors (Lipinski definition) is 3. The number of benzene rings is 1. The molecule has 5 heteroatoms. The van der Waals surface area contributed by atoms with Gasteiger partial charge in [-0.2, -0.15) is 0 Å². The van der Waals surface area contributed by atoms with Gasteiger partial charge in [-0.05, 0) is 25.0 Å². The van der Waals surface area contributed by atoms with E-state index in [1.165, 1.54) is 12.8 Å². The molecule has 1 aromatic rings. The molecule has 2 aliphatic rings. The first-order valence-electron chi connectivity index (χ1n) is 7.57. The van der Waals surface area contributed by atoms with E-state index in [1.54, 1.807) is 0 Å². The third kappa shape index (κ3) is 3.51. The minimum atomic E-state index is -0.567. The Labute approximate surface area is 133 Å². The molecule has 1 saturated carbocycles. The predicted octanol–water partition coefficient (Wildman–Crippen LogP) is 3.04. The highest BCUT2D eigenvalue weighted by Gasteiger charge is 2.30. The van der Waals surface area contributed by atoms with Crippen LogP contribution in [0.3, 0.4) is 0 Å². The van der Waals surface area contributed by atoms with Crippen molar-refractivity contribution >= 4 is 21.8 Å². The van der Waals surface area contributed by atoms with Gasteiger partial charge in [0.05, 0.1) is 0 Å². The molecule has 1 aliphatic carbocycles. The summed E-state index contributed by atoms with van der Waals surface area (Å²) in [4.78, 5) is 12.7. The van der Waals surface area contributed by atoms with Crippen LogP contribution in [0.25, 0.3) is 0 Å². The molecular formula is C16H20BrNO3. The standard InChI is InChI=1S/C16H20BrNO3/c17-11-6-2-1-3-7-12(11)18-16(19)15-10-20-13-8-4-5-9-14(13)21-15/h4-5,8-9,11-12,15H,1-3,6-7,10H2,(H,18,19). The Morgan fingerprint density at radius 3 is 2.76 bits per heavy atom. The summed E-state index contributed by atoms with van der Waals surface area (Å²) in [5.74, 6) is 1.26. The molecule has 0 radical (unpaired) electrons. The molecule has 1 aromatic carbocycles. The number of halogens is 1. The van der Waals surface area contributed by atoms with Crippen LogP contribution < -0.4 is 14.8 Å². The molecule has 1 heterocycles. The fraction of sp³-hybridized carbons (Fsp3) is 0.562. The van der Waals surface area contributed by atoms with E-state index in [-0.39, 0.29) is 18.6 Å². The average molecular weight is 354 g/mol. The van der Waals surface area contributed by atoms with Gasteiger partial charge in [0.2, 0.25) is 6.10 Å². The van der Waals surface area contributed by atoms with Crippen LogP contribution in [0.2, 0.25) is 0 Å². The second kappa shape index (κ2) is 6.69. The Morgan fingerprint density at radius 2 is 1.90 bits per heavy atom. The van der Waals surface area contributed by atoms with Gasteiger partial charge in [-0.15, -0.1) is 0 Å². The molecule has 1 fully saturated rings. The second-order valence-electron chi connectivity index (χ2n) is 5.63. The minimum Gasteiger partial charge on any atom is -0.485 e. The lowest BCUT2D eigenvalue weighted by Crippen LogP contribution is -2.49. The van der Waals surface area contributed by atoms with Gasteiger partial charge in [0, 0.05) is 10.9 Å². The van der Waals surface area contributed by atoms with E-state index in [0.29, 0.717) is 16.3 Å². The number of carbonyl (C=O) groups is 1. The van der Waals surface area contributed by atoms with Crippen molar-refractivity contribution in [3.63, 3.8) is 0 Å². The normalized spacial score (nSPS) is 28.5. The van der Waals surface area contributed by atoms with Crippen molar-refractivity contribution in [2.45, 2.75) is 49.1 Å². The first-order chi connectivity index (χ1) is 10.2. The number of fused-ring (bicyclic) bond motifs is 1. The molecule has 1 amide bonds. The Balaban J connectivity index is 1.61. The molecule has 0 aromatic heterocycles. The molecule has 1 N–H and O–H groups in total. The lowest BCUT2D eigenvalue weighted by atomic mass is 10.1. The first-order valence-corrected chi connectivity index (χ1v) is 8.48. The minimum absolute atomic E-state index is 0.0825. The van der Waals surface area contributed by atoms with E-state index < -0.39 is 6.10 Å². The zero-order valence-electron chi connectivity index (χ0n) is 11.9. The summed E-state index contributed by atoms with van der Waals surface area (Å²) in [7, 11) is 0. The van der Waals surface area contributed by atoms with Crippen molar-refractivity contribution in [1.82, 2.24) is 5.32 Å². The van der Waals surface area contributed by atoms with Crippen LogP contribution in [-0.2, 0) is 4.79 Å². The van der Waals surface area contributed by atoms with Crippen molar-refractivity contribution in [1.29, 1.82) is 0 Å². The Hall–Kier alpha value is -1.23. The zero-order valence-corrected chi connectivity index (χ0v) is 13.5. The molecule has 3 atom stereocenters. The summed E-state index contributed by atoms with van der Waals surface area (Å²) in [6, 6.07) is 7.63. The number of hydrogen-bond donors (Lipinski definition) is 1. The summed E-state index contributed by atoms with van der Waals surface area (Å²) < 4.78 is 11.3. The third-order valence-corrected chi connectivity index (χ3v) is 5.16. The fourth-order valence-electron chi connectivity index (χ4n) is 2.85. The molecule has 1 aliphatic heterocycles. The maximum absolute atomic E-state index is 12.4. The zero-order chi connectivity index (χ0) is 14.7. The van der Waals surface area contributed by atoms with Crippen molar-refractivity contribution < 1.29 is 14.3 Å². The highest BCUT2D eigenvalue weighted by molar-refractivity contribution is 9.09. The second-order valence-corrected chi connectivity index (χ2v) is 6.81. The number of ether oxygens (including phenoxy) is 2. The molecule has 4 nitrogen and oxygen atoms in total. The van der Waals surface area contributed by atoms with Crippen LogP contribution in [-0.4, -0.2) is 29.5 Å². The van der Waals surface area contributed by atoms with Gasteiger partial charge < -0.3 is 14.8 Å². The highest BCUT2D eigenvalue weighted by atomic mass is 79.9. The first kappa shape index (κ1) is 14.7. The van der Waals surface area contributed by atoms with Crippen LogP contribution in [0, 0.1) is 0 Å². The van der Waals surface area contributed by atoms with Gasteiger partial charge in [-0.25, -0.2) is 0 Å². The van der Waals surface area contributed by atoms with Crippen LogP contribution in [0.5, 0.6) is 11.5 Å². The van der Waals surface area contributed by atoms with Gasteiger partial charge in [-0.1, -0.05) is 47.3 Å². The Kier molecular flexibility index (Phi) is 4.68. The summed E-state index contributed by atoms with van der Waals surface area (Å²) >= 11 is 3.70. The number of carbonyl (C=O) groups excluding carboxylic acids is 1. The molecule has 3 unspecified atom stereocenters. The summed E-state index contributed by atoms with van der Waals surface area (Å²) in [6.45, 7) is 0.266. The summed E-state index contributed by atoms with van der Waals surface area (Å²) in [5, 5.41) is 3.12. The molecular weight excluding hydrogens is 334 g/mol. The molecule has 114 valence electrons. The van der Waals surface area contributed by atoms with Crippen molar-refractivity contribution in [2.24, 2.45) is 0 Å². The van der Waals surface area contributed by atoms with E-state index in [9.17, 15) is 4.79 Å². The van der Waals surface area contributed by atoms with Crippen LogP contribution in [0.1, 0.15) is 32.1 Å². The third-order valence-electron chi connectivity index (χ3n) is 4.06. The number of para-hydroxylation sites is 2. The maximum atomic E-state index is 12.4. The van der Waals surface area contributed by atoms with E-state index in [1.807, 2.05) is 24.3 Å². The number of amides is 1. The van der Waals surface area contributed by atoms with Crippen molar-refractivity contribution in [2.75, 3.05) is 6.61 Å². The maximum Gasteiger partial charge on any atom is 0.264 e. The summed E-state index contributed by atoms with van der Waals surface area (Å²) in [6.07, 6.45) is 5.19. The lowest BCUT2D eigenvalue weighted by Gasteiger charge is -2.28. The average Bonchev–Trinajstić information content (AvgIpc) is 2.72. The molecule has 0 spiro atoms. The Morgan fingerprint density at radius 1 is 1.14 bits per heavy atom. The van der Waals surface area contributed by atoms with Gasteiger partial charge >= 0.3 is 0 Å². The smallest absolute Gasteiger partial charge is 0.264 e. The van der Waals surface area contributed by atoms with E-state index >= 15 is 0 Å². The van der Waals surface area contributed by atoms with Crippen molar-refractivity contribution in [3.05, 3.63) is 24.3 Å². The Bertz CT molecular complexity index is 508.